The summed E-state index contributed by atoms with van der Waals surface area (Å²) in [5, 5.41) is 0. The Morgan fingerprint density at radius 3 is 2.15 bits per heavy atom. The van der Waals surface area contributed by atoms with Gasteiger partial charge in [-0.15, -0.1) is 0 Å². The van der Waals surface area contributed by atoms with E-state index in [1.54, 1.807) is 7.11 Å². The van der Waals surface area contributed by atoms with Gasteiger partial charge in [0.1, 0.15) is 18.1 Å². The Hall–Kier alpha value is -3.62. The summed E-state index contributed by atoms with van der Waals surface area (Å²) < 4.78 is 10.9. The van der Waals surface area contributed by atoms with Crippen molar-refractivity contribution in [3.8, 4) is 35.2 Å². The Balaban J connectivity index is 1.66. The minimum Gasteiger partial charge on any atom is -0.497 e. The maximum absolute atomic E-state index is 5.79. The highest BCUT2D eigenvalue weighted by molar-refractivity contribution is 5.49. The van der Waals surface area contributed by atoms with Crippen LogP contribution in [0, 0.1) is 23.7 Å². The van der Waals surface area contributed by atoms with Crippen LogP contribution >= 0.6 is 0 Å². The van der Waals surface area contributed by atoms with Gasteiger partial charge in [0.2, 0.25) is 0 Å². The molecule has 0 saturated heterocycles. The van der Waals surface area contributed by atoms with Crippen molar-refractivity contribution in [2.75, 3.05) is 13.7 Å². The lowest BCUT2D eigenvalue weighted by Gasteiger charge is -2.04. The summed E-state index contributed by atoms with van der Waals surface area (Å²) in [4.78, 5) is 0. The first-order chi connectivity index (χ1) is 12.8. The van der Waals surface area contributed by atoms with Crippen molar-refractivity contribution in [1.29, 1.82) is 0 Å². The van der Waals surface area contributed by atoms with Gasteiger partial charge in [0, 0.05) is 11.1 Å². The fourth-order valence-electron chi connectivity index (χ4n) is 2.28. The molecule has 2 nitrogen and oxygen atoms in total. The van der Waals surface area contributed by atoms with E-state index in [-0.39, 0.29) is 0 Å². The largest absolute Gasteiger partial charge is 0.497 e. The van der Waals surface area contributed by atoms with Gasteiger partial charge in [-0.2, -0.15) is 0 Å². The van der Waals surface area contributed by atoms with Gasteiger partial charge >= 0.3 is 0 Å². The minimum atomic E-state index is 0.302. The fourth-order valence-corrected chi connectivity index (χ4v) is 2.28. The average molecular weight is 338 g/mol. The molecule has 0 saturated carbocycles. The van der Waals surface area contributed by atoms with E-state index in [0.29, 0.717) is 6.61 Å². The van der Waals surface area contributed by atoms with Crippen LogP contribution in [-0.2, 0) is 0 Å². The van der Waals surface area contributed by atoms with Crippen molar-refractivity contribution in [1.82, 2.24) is 0 Å². The first-order valence-corrected chi connectivity index (χ1v) is 8.27. The third kappa shape index (κ3) is 4.94. The zero-order valence-corrected chi connectivity index (χ0v) is 14.5. The molecule has 0 N–H and O–H groups in total. The number of benzene rings is 3. The van der Waals surface area contributed by atoms with E-state index in [4.69, 9.17) is 9.47 Å². The highest BCUT2D eigenvalue weighted by Crippen LogP contribution is 2.16. The average Bonchev–Trinajstić information content (AvgIpc) is 2.71. The van der Waals surface area contributed by atoms with Crippen LogP contribution in [0.25, 0.3) is 0 Å². The smallest absolute Gasteiger partial charge is 0.149 e. The number of methoxy groups -OCH3 is 1. The number of para-hydroxylation sites is 1. The summed E-state index contributed by atoms with van der Waals surface area (Å²) in [6.07, 6.45) is 0. The normalized spacial score (nSPS) is 9.27. The van der Waals surface area contributed by atoms with Crippen LogP contribution in [0.15, 0.2) is 78.9 Å². The number of hydrogen-bond acceptors (Lipinski definition) is 2. The second-order valence-electron chi connectivity index (χ2n) is 5.43. The highest BCUT2D eigenvalue weighted by Gasteiger charge is 1.98. The monoisotopic (exact) mass is 338 g/mol. The van der Waals surface area contributed by atoms with E-state index in [1.807, 2.05) is 78.9 Å². The molecule has 126 valence electrons. The standard InChI is InChI=1S/C24H18O2/c1-25-23-17-14-21(15-18-23)10-7-19-26-24-12-6-5-11-22(24)16-13-20-8-3-2-4-9-20/h2-6,8-9,11-12,14-15,17-18H,19H2,1H3. The molecule has 3 aromatic carbocycles. The molecule has 0 aliphatic heterocycles. The van der Waals surface area contributed by atoms with Crippen molar-refractivity contribution in [2.45, 2.75) is 0 Å². The molecule has 3 aromatic rings. The summed E-state index contributed by atoms with van der Waals surface area (Å²) in [6, 6.07) is 25.2. The number of hydrogen-bond donors (Lipinski definition) is 0. The van der Waals surface area contributed by atoms with Gasteiger partial charge in [-0.25, -0.2) is 0 Å². The molecule has 0 atom stereocenters. The van der Waals surface area contributed by atoms with Crippen LogP contribution < -0.4 is 9.47 Å². The van der Waals surface area contributed by atoms with Gasteiger partial charge in [0.25, 0.3) is 0 Å². The van der Waals surface area contributed by atoms with Crippen LogP contribution in [-0.4, -0.2) is 13.7 Å². The Labute approximate surface area is 154 Å². The van der Waals surface area contributed by atoms with Gasteiger partial charge < -0.3 is 9.47 Å². The molecular weight excluding hydrogens is 320 g/mol. The molecule has 2 heteroatoms. The van der Waals surface area contributed by atoms with Crippen LogP contribution in [0.2, 0.25) is 0 Å². The topological polar surface area (TPSA) is 18.5 Å². The Bertz CT molecular complexity index is 966. The zero-order chi connectivity index (χ0) is 18.0. The van der Waals surface area contributed by atoms with Gasteiger partial charge in [-0.3, -0.25) is 0 Å². The van der Waals surface area contributed by atoms with Gasteiger partial charge in [0.05, 0.1) is 12.7 Å². The van der Waals surface area contributed by atoms with E-state index in [0.717, 1.165) is 28.2 Å². The zero-order valence-electron chi connectivity index (χ0n) is 14.5. The maximum Gasteiger partial charge on any atom is 0.149 e. The molecule has 26 heavy (non-hydrogen) atoms. The summed E-state index contributed by atoms with van der Waals surface area (Å²) in [5.74, 6) is 14.0. The Kier molecular flexibility index (Phi) is 5.97. The SMILES string of the molecule is COc1ccc(C#CCOc2ccccc2C#Cc2ccccc2)cc1. The molecule has 0 aliphatic rings. The summed E-state index contributed by atoms with van der Waals surface area (Å²) in [5.41, 5.74) is 2.75. The van der Waals surface area contributed by atoms with Gasteiger partial charge in [0.15, 0.2) is 0 Å². The maximum atomic E-state index is 5.79. The van der Waals surface area contributed by atoms with E-state index in [2.05, 4.69) is 23.7 Å². The molecule has 0 amide bonds. The van der Waals surface area contributed by atoms with Crippen molar-refractivity contribution >= 4 is 0 Å². The predicted octanol–water partition coefficient (Wildman–Crippen LogP) is 4.53. The number of rotatable bonds is 3. The summed E-state index contributed by atoms with van der Waals surface area (Å²) in [7, 11) is 1.65. The van der Waals surface area contributed by atoms with Crippen LogP contribution in [0.1, 0.15) is 16.7 Å². The second-order valence-corrected chi connectivity index (χ2v) is 5.43. The summed E-state index contributed by atoms with van der Waals surface area (Å²) >= 11 is 0. The van der Waals surface area contributed by atoms with Crippen molar-refractivity contribution in [2.24, 2.45) is 0 Å². The quantitative estimate of drug-likeness (QED) is 0.654. The second kappa shape index (κ2) is 9.02. The molecule has 0 heterocycles. The highest BCUT2D eigenvalue weighted by atomic mass is 16.5. The Morgan fingerprint density at radius 2 is 1.38 bits per heavy atom. The predicted molar refractivity (Wildman–Crippen MR) is 104 cm³/mol. The third-order valence-electron chi connectivity index (χ3n) is 3.62. The minimum absolute atomic E-state index is 0.302. The lowest BCUT2D eigenvalue weighted by atomic mass is 10.1. The molecular formula is C24H18O2. The lowest BCUT2D eigenvalue weighted by Crippen LogP contribution is -1.96. The van der Waals surface area contributed by atoms with E-state index >= 15 is 0 Å². The summed E-state index contributed by atoms with van der Waals surface area (Å²) in [6.45, 7) is 0.302. The first kappa shape index (κ1) is 17.2. The molecule has 3 rings (SSSR count). The van der Waals surface area contributed by atoms with Gasteiger partial charge in [-0.05, 0) is 48.5 Å². The molecule has 0 fully saturated rings. The molecule has 0 bridgehead atoms. The van der Waals surface area contributed by atoms with Crippen LogP contribution in [0.3, 0.4) is 0 Å². The molecule has 0 aromatic heterocycles. The van der Waals surface area contributed by atoms with Crippen molar-refractivity contribution in [3.63, 3.8) is 0 Å². The Morgan fingerprint density at radius 1 is 0.692 bits per heavy atom. The molecule has 0 radical (unpaired) electrons. The van der Waals surface area contributed by atoms with Crippen molar-refractivity contribution < 1.29 is 9.47 Å². The lowest BCUT2D eigenvalue weighted by molar-refractivity contribution is 0.369. The van der Waals surface area contributed by atoms with Crippen LogP contribution in [0.5, 0.6) is 11.5 Å². The first-order valence-electron chi connectivity index (χ1n) is 8.27. The van der Waals surface area contributed by atoms with Gasteiger partial charge in [-0.1, -0.05) is 54.0 Å². The number of ether oxygens (including phenoxy) is 2. The van der Waals surface area contributed by atoms with E-state index in [1.165, 1.54) is 0 Å². The molecule has 0 unspecified atom stereocenters. The van der Waals surface area contributed by atoms with E-state index in [9.17, 15) is 0 Å². The molecule has 0 spiro atoms. The van der Waals surface area contributed by atoms with Crippen molar-refractivity contribution in [3.05, 3.63) is 95.6 Å². The third-order valence-corrected chi connectivity index (χ3v) is 3.62. The molecule has 0 aliphatic carbocycles. The van der Waals surface area contributed by atoms with E-state index < -0.39 is 0 Å². The fraction of sp³-hybridized carbons (Fsp3) is 0.0833. The van der Waals surface area contributed by atoms with Crippen LogP contribution in [0.4, 0.5) is 0 Å².